The summed E-state index contributed by atoms with van der Waals surface area (Å²) in [6.07, 6.45) is 0. The summed E-state index contributed by atoms with van der Waals surface area (Å²) >= 11 is 6.29. The Balaban J connectivity index is 0.00000946. The Hall–Kier alpha value is -5.36. The first kappa shape index (κ1) is 73.9. The van der Waals surface area contributed by atoms with E-state index in [0.29, 0.717) is 24.3 Å². The monoisotopic (exact) mass is 1350 g/mol. The van der Waals surface area contributed by atoms with Crippen molar-refractivity contribution in [3.8, 4) is 0 Å². The van der Waals surface area contributed by atoms with E-state index in [9.17, 15) is 87.9 Å². The molecule has 448 valence electrons. The molecular formula is C41H40ClKN13NaO22S6-2. The van der Waals surface area contributed by atoms with Gasteiger partial charge in [0, 0.05) is 26.9 Å². The molecule has 0 spiro atoms. The van der Waals surface area contributed by atoms with Gasteiger partial charge in [0.1, 0.15) is 65.1 Å². The summed E-state index contributed by atoms with van der Waals surface area (Å²) in [5.74, 6) is -4.70. The molecule has 44 heteroatoms. The van der Waals surface area contributed by atoms with Crippen molar-refractivity contribution in [1.82, 2.24) is 25.6 Å². The van der Waals surface area contributed by atoms with Gasteiger partial charge in [-0.3, -0.25) is 9.59 Å². The van der Waals surface area contributed by atoms with Crippen molar-refractivity contribution in [1.29, 1.82) is 0 Å². The smallest absolute Gasteiger partial charge is 0.744 e. The molecule has 85 heavy (non-hydrogen) atoms. The van der Waals surface area contributed by atoms with Crippen LogP contribution in [0.3, 0.4) is 0 Å². The van der Waals surface area contributed by atoms with Gasteiger partial charge in [-0.1, -0.05) is 0 Å². The second-order valence-corrected chi connectivity index (χ2v) is 26.6. The van der Waals surface area contributed by atoms with Crippen LogP contribution in [0.25, 0.3) is 0 Å². The van der Waals surface area contributed by atoms with Crippen LogP contribution in [0.4, 0.5) is 67.0 Å². The second-order valence-electron chi connectivity index (χ2n) is 16.2. The Morgan fingerprint density at radius 2 is 0.859 bits per heavy atom. The maximum absolute atomic E-state index is 13.2. The number of halogens is 1. The predicted molar refractivity (Wildman–Crippen MR) is 282 cm³/mol. The molecule has 4 amide bonds. The van der Waals surface area contributed by atoms with Crippen molar-refractivity contribution in [2.24, 2.45) is 20.5 Å². The molecule has 4 aromatic carbocycles. The molecule has 0 radical (unpaired) electrons. The predicted octanol–water partition coefficient (Wildman–Crippen LogP) is -3.33. The van der Waals surface area contributed by atoms with E-state index < -0.39 is 182 Å². The van der Waals surface area contributed by atoms with Gasteiger partial charge in [-0.25, -0.2) is 60.1 Å². The number of benzene rings is 4. The first-order valence-corrected chi connectivity index (χ1v) is 32.1. The molecule has 1 heterocycles. The third kappa shape index (κ3) is 24.7. The topological polar surface area (TPSA) is 544 Å². The molecule has 5 rings (SSSR count). The van der Waals surface area contributed by atoms with E-state index in [1.54, 1.807) is 0 Å². The molecule has 5 aromatic rings. The van der Waals surface area contributed by atoms with Gasteiger partial charge < -0.3 is 59.6 Å². The van der Waals surface area contributed by atoms with Gasteiger partial charge >= 0.3 is 105 Å². The molecule has 0 aliphatic carbocycles. The number of urea groups is 2. The molecule has 0 saturated heterocycles. The Kier molecular flexibility index (Phi) is 27.4. The van der Waals surface area contributed by atoms with Crippen LogP contribution in [0, 0.1) is 0 Å². The van der Waals surface area contributed by atoms with E-state index in [0.717, 1.165) is 26.0 Å². The fourth-order valence-electron chi connectivity index (χ4n) is 6.21. The van der Waals surface area contributed by atoms with Gasteiger partial charge in [-0.2, -0.15) is 25.2 Å². The molecule has 35 nitrogen and oxygen atoms in total. The zero-order chi connectivity index (χ0) is 61.7. The number of amides is 4. The number of aromatic nitrogens is 3. The summed E-state index contributed by atoms with van der Waals surface area (Å²) in [4.78, 5) is 56.2. The standard InChI is InChI=1S/C41H44ClN13O22S6.K.Na/c1-23(56)76-13-17-78(60,61)15-11-43-40(58)47-33-19-25(52-54-31-9-5-27(80(64,65)66)21-35(31)82(70,71)72)3-7-29(33)45-38-49-37(42)50-39(51-38)46-30-8-4-26(53-55-32-10-6-28(81(67,68)69)22-36(32)83(73,74)75)20-34(30)48-41(59)44-12-16-79(62,63)18-14-77-24(2)57;;/h3-10,19-22H,11-18H2,1-2H3,(H2,43,47,58)(H2,44,48,59)(H,64,65,66)(H,67,68,69)(H,70,71,72)(H,73,74,75)(H2,45,46,49,50,51);;/q;2*+1/p-4. The first-order valence-electron chi connectivity index (χ1n) is 22.4. The number of rotatable bonds is 26. The van der Waals surface area contributed by atoms with Crippen LogP contribution in [0.1, 0.15) is 13.8 Å². The number of ether oxygens (including phenoxy) is 2. The van der Waals surface area contributed by atoms with Gasteiger partial charge in [0.05, 0.1) is 76.7 Å². The normalized spacial score (nSPS) is 12.1. The molecule has 0 atom stereocenters. The molecule has 0 bridgehead atoms. The van der Waals surface area contributed by atoms with Crippen LogP contribution >= 0.6 is 11.6 Å². The fraction of sp³-hybridized carbons (Fsp3) is 0.244. The molecular weight excluding hydrogens is 1320 g/mol. The molecule has 6 N–H and O–H groups in total. The van der Waals surface area contributed by atoms with Crippen molar-refractivity contribution < 1.29 is 178 Å². The molecule has 0 saturated carbocycles. The van der Waals surface area contributed by atoms with Crippen molar-refractivity contribution in [2.45, 2.75) is 33.4 Å². The molecule has 0 unspecified atom stereocenters. The van der Waals surface area contributed by atoms with Gasteiger partial charge in [0.25, 0.3) is 0 Å². The summed E-state index contributed by atoms with van der Waals surface area (Å²) in [5, 5.41) is 29.4. The Morgan fingerprint density at radius 1 is 0.494 bits per heavy atom. The maximum atomic E-state index is 13.2. The first-order chi connectivity index (χ1) is 38.5. The molecule has 0 aliphatic rings. The van der Waals surface area contributed by atoms with Crippen LogP contribution in [0.2, 0.25) is 5.28 Å². The minimum atomic E-state index is -5.47. The number of anilines is 6. The Bertz CT molecular complexity index is 3880. The third-order valence-corrected chi connectivity index (χ3v) is 16.7. The van der Waals surface area contributed by atoms with Gasteiger partial charge in [0.15, 0.2) is 19.7 Å². The van der Waals surface area contributed by atoms with Crippen molar-refractivity contribution >= 4 is 153 Å². The summed E-state index contributed by atoms with van der Waals surface area (Å²) in [6, 6.07) is 8.10. The third-order valence-electron chi connectivity index (χ3n) is 9.93. The Morgan fingerprint density at radius 3 is 1.19 bits per heavy atom. The van der Waals surface area contributed by atoms with E-state index in [1.165, 1.54) is 24.3 Å². The van der Waals surface area contributed by atoms with E-state index in [-0.39, 0.29) is 127 Å². The van der Waals surface area contributed by atoms with Crippen LogP contribution < -0.4 is 113 Å². The quantitative estimate of drug-likeness (QED) is 0.0136. The van der Waals surface area contributed by atoms with E-state index in [2.05, 4.69) is 76.8 Å². The summed E-state index contributed by atoms with van der Waals surface area (Å²) < 4.78 is 201. The number of carbonyl (C=O) groups excluding carboxylic acids is 4. The van der Waals surface area contributed by atoms with Crippen molar-refractivity contribution in [3.05, 3.63) is 78.1 Å². The molecule has 1 aromatic heterocycles. The van der Waals surface area contributed by atoms with Crippen LogP contribution in [-0.2, 0) is 79.2 Å². The number of nitrogens with one attached hydrogen (secondary N) is 6. The number of carbonyl (C=O) groups is 4. The molecule has 0 aliphatic heterocycles. The second kappa shape index (κ2) is 31.5. The van der Waals surface area contributed by atoms with Gasteiger partial charge in [0.2, 0.25) is 17.2 Å². The number of hydrogen-bond acceptors (Lipinski definition) is 31. The SMILES string of the molecule is CC(=O)OCCS(=O)(=O)CCNC(=O)Nc1cc(N=Nc2ccc(S(=O)(=O)[O-])cc2S(=O)(=O)[O-])ccc1Nc1nc(Cl)nc(Nc2ccc(N=Nc3ccc(S(=O)(=O)[O-])cc3S(=O)(=O)[O-])cc2NC(=O)NCCS(=O)(=O)CCOC(C)=O)n1.[K+].[Na+]. The van der Waals surface area contributed by atoms with E-state index >= 15 is 0 Å². The van der Waals surface area contributed by atoms with Crippen LogP contribution in [0.15, 0.2) is 113 Å². The van der Waals surface area contributed by atoms with Crippen molar-refractivity contribution in [3.63, 3.8) is 0 Å². The van der Waals surface area contributed by atoms with Gasteiger partial charge in [-0.05, 0) is 84.4 Å². The molecule has 0 fully saturated rings. The number of azo groups is 2. The number of nitrogens with zero attached hydrogens (tertiary/aromatic N) is 7. The zero-order valence-electron chi connectivity index (χ0n) is 44.0. The number of sulfone groups is 2. The van der Waals surface area contributed by atoms with Gasteiger partial charge in [-0.15, -0.1) is 10.2 Å². The number of hydrogen-bond donors (Lipinski definition) is 6. The summed E-state index contributed by atoms with van der Waals surface area (Å²) in [7, 11) is -29.2. The minimum absolute atomic E-state index is 0. The fourth-order valence-corrected chi connectivity index (χ4v) is 10.7. The van der Waals surface area contributed by atoms with E-state index in [1.807, 2.05) is 0 Å². The minimum Gasteiger partial charge on any atom is -0.744 e. The van der Waals surface area contributed by atoms with Crippen LogP contribution in [-0.4, -0.2) is 157 Å². The maximum Gasteiger partial charge on any atom is 1.00 e. The average Bonchev–Trinajstić information content (AvgIpc) is 2.32. The average molecular weight is 1360 g/mol. The van der Waals surface area contributed by atoms with E-state index in [4.69, 9.17) is 11.6 Å². The van der Waals surface area contributed by atoms with Crippen molar-refractivity contribution in [2.75, 3.05) is 70.6 Å². The Labute approximate surface area is 553 Å². The summed E-state index contributed by atoms with van der Waals surface area (Å²) in [5.41, 5.74) is -2.61. The zero-order valence-corrected chi connectivity index (χ0v) is 54.8. The summed E-state index contributed by atoms with van der Waals surface area (Å²) in [6.45, 7) is 0.245. The van der Waals surface area contributed by atoms with Crippen LogP contribution in [0.5, 0.6) is 0 Å². The largest absolute Gasteiger partial charge is 1.00 e. The number of esters is 2.